The van der Waals surface area contributed by atoms with E-state index >= 15 is 0 Å². The molecule has 0 bridgehead atoms. The Morgan fingerprint density at radius 2 is 1.88 bits per heavy atom. The fourth-order valence-corrected chi connectivity index (χ4v) is 3.26. The smallest absolute Gasteiger partial charge is 0.269 e. The van der Waals surface area contributed by atoms with Crippen molar-refractivity contribution in [1.29, 1.82) is 0 Å². The number of pyridine rings is 1. The molecule has 1 atom stereocenters. The lowest BCUT2D eigenvalue weighted by Gasteiger charge is -2.40. The predicted octanol–water partition coefficient (Wildman–Crippen LogP) is 2.71. The summed E-state index contributed by atoms with van der Waals surface area (Å²) in [5.41, 5.74) is 1.52. The summed E-state index contributed by atoms with van der Waals surface area (Å²) in [4.78, 5) is 16.5. The topological polar surface area (TPSA) is 63.2 Å². The molecule has 1 aliphatic rings. The SMILES string of the molecule is C[C@@H](NC1(CNC(=O)c2ccccn2)CCOCC1)c1ccccc1. The Bertz CT molecular complexity index is 670. The Labute approximate surface area is 148 Å². The van der Waals surface area contributed by atoms with Crippen LogP contribution in [0.1, 0.15) is 41.9 Å². The van der Waals surface area contributed by atoms with Crippen molar-refractivity contribution in [2.45, 2.75) is 31.3 Å². The molecular formula is C20H25N3O2. The number of aromatic nitrogens is 1. The van der Waals surface area contributed by atoms with Gasteiger partial charge in [-0.15, -0.1) is 0 Å². The maximum absolute atomic E-state index is 12.4. The molecule has 2 aromatic rings. The van der Waals surface area contributed by atoms with E-state index in [-0.39, 0.29) is 17.5 Å². The Hall–Kier alpha value is -2.24. The van der Waals surface area contributed by atoms with Crippen molar-refractivity contribution in [1.82, 2.24) is 15.6 Å². The van der Waals surface area contributed by atoms with Crippen molar-refractivity contribution < 1.29 is 9.53 Å². The highest BCUT2D eigenvalue weighted by Gasteiger charge is 2.34. The van der Waals surface area contributed by atoms with E-state index in [0.29, 0.717) is 25.5 Å². The lowest BCUT2D eigenvalue weighted by molar-refractivity contribution is 0.0332. The van der Waals surface area contributed by atoms with Gasteiger partial charge in [-0.25, -0.2) is 0 Å². The number of benzene rings is 1. The first-order valence-corrected chi connectivity index (χ1v) is 8.78. The Kier molecular flexibility index (Phi) is 5.79. The average molecular weight is 339 g/mol. The molecular weight excluding hydrogens is 314 g/mol. The number of hydrogen-bond donors (Lipinski definition) is 2. The van der Waals surface area contributed by atoms with E-state index < -0.39 is 0 Å². The first-order chi connectivity index (χ1) is 12.2. The molecule has 132 valence electrons. The van der Waals surface area contributed by atoms with Crippen LogP contribution in [-0.4, -0.2) is 36.2 Å². The summed E-state index contributed by atoms with van der Waals surface area (Å²) < 4.78 is 5.54. The van der Waals surface area contributed by atoms with E-state index in [4.69, 9.17) is 4.74 Å². The fourth-order valence-electron chi connectivity index (χ4n) is 3.26. The van der Waals surface area contributed by atoms with Crippen LogP contribution in [-0.2, 0) is 4.74 Å². The molecule has 1 aromatic carbocycles. The molecule has 3 rings (SSSR count). The van der Waals surface area contributed by atoms with Crippen LogP contribution in [0.5, 0.6) is 0 Å². The van der Waals surface area contributed by atoms with Crippen LogP contribution in [0.2, 0.25) is 0 Å². The maximum Gasteiger partial charge on any atom is 0.269 e. The number of amides is 1. The Morgan fingerprint density at radius 1 is 1.16 bits per heavy atom. The first kappa shape index (κ1) is 17.6. The Balaban J connectivity index is 1.67. The normalized spacial score (nSPS) is 17.6. The van der Waals surface area contributed by atoms with E-state index in [2.05, 4.69) is 34.7 Å². The van der Waals surface area contributed by atoms with Gasteiger partial charge >= 0.3 is 0 Å². The number of nitrogens with zero attached hydrogens (tertiary/aromatic N) is 1. The molecule has 0 unspecified atom stereocenters. The van der Waals surface area contributed by atoms with Gasteiger partial charge in [0, 0.05) is 37.5 Å². The lowest BCUT2D eigenvalue weighted by atomic mass is 9.88. The molecule has 0 saturated carbocycles. The average Bonchev–Trinajstić information content (AvgIpc) is 2.68. The molecule has 1 aromatic heterocycles. The third-order valence-electron chi connectivity index (χ3n) is 4.76. The molecule has 5 nitrogen and oxygen atoms in total. The van der Waals surface area contributed by atoms with Crippen molar-refractivity contribution >= 4 is 5.91 Å². The summed E-state index contributed by atoms with van der Waals surface area (Å²) in [6.45, 7) is 4.12. The second kappa shape index (κ2) is 8.23. The van der Waals surface area contributed by atoms with Gasteiger partial charge in [0.2, 0.25) is 0 Å². The van der Waals surface area contributed by atoms with Gasteiger partial charge in [0.15, 0.2) is 0 Å². The molecule has 2 N–H and O–H groups in total. The zero-order chi connectivity index (χ0) is 17.5. The van der Waals surface area contributed by atoms with Crippen LogP contribution in [0.25, 0.3) is 0 Å². The van der Waals surface area contributed by atoms with Crippen LogP contribution in [0.3, 0.4) is 0 Å². The highest BCUT2D eigenvalue weighted by Crippen LogP contribution is 2.25. The monoisotopic (exact) mass is 339 g/mol. The van der Waals surface area contributed by atoms with Crippen LogP contribution in [0.4, 0.5) is 0 Å². The van der Waals surface area contributed by atoms with E-state index in [9.17, 15) is 4.79 Å². The quantitative estimate of drug-likeness (QED) is 0.849. The third-order valence-corrected chi connectivity index (χ3v) is 4.76. The molecule has 5 heteroatoms. The zero-order valence-corrected chi connectivity index (χ0v) is 14.6. The predicted molar refractivity (Wildman–Crippen MR) is 97.3 cm³/mol. The van der Waals surface area contributed by atoms with Crippen LogP contribution in [0.15, 0.2) is 54.7 Å². The molecule has 1 amide bonds. The van der Waals surface area contributed by atoms with E-state index in [1.165, 1.54) is 5.56 Å². The first-order valence-electron chi connectivity index (χ1n) is 8.78. The van der Waals surface area contributed by atoms with E-state index in [1.807, 2.05) is 24.3 Å². The summed E-state index contributed by atoms with van der Waals surface area (Å²) in [6, 6.07) is 15.9. The lowest BCUT2D eigenvalue weighted by Crippen LogP contribution is -2.57. The van der Waals surface area contributed by atoms with Crippen LogP contribution >= 0.6 is 0 Å². The molecule has 1 fully saturated rings. The van der Waals surface area contributed by atoms with Gasteiger partial charge in [-0.3, -0.25) is 9.78 Å². The number of carbonyl (C=O) groups excluding carboxylic acids is 1. The molecule has 2 heterocycles. The molecule has 0 spiro atoms. The minimum Gasteiger partial charge on any atom is -0.381 e. The highest BCUT2D eigenvalue weighted by molar-refractivity contribution is 5.92. The molecule has 0 radical (unpaired) electrons. The highest BCUT2D eigenvalue weighted by atomic mass is 16.5. The second-order valence-corrected chi connectivity index (χ2v) is 6.57. The van der Waals surface area contributed by atoms with Gasteiger partial charge < -0.3 is 15.4 Å². The van der Waals surface area contributed by atoms with Crippen molar-refractivity contribution in [2.24, 2.45) is 0 Å². The van der Waals surface area contributed by atoms with Crippen LogP contribution < -0.4 is 10.6 Å². The maximum atomic E-state index is 12.4. The fraction of sp³-hybridized carbons (Fsp3) is 0.400. The molecule has 1 saturated heterocycles. The van der Waals surface area contributed by atoms with Crippen molar-refractivity contribution in [3.63, 3.8) is 0 Å². The standard InChI is InChI=1S/C20H25N3O2/c1-16(17-7-3-2-4-8-17)23-20(10-13-25-14-11-20)15-22-19(24)18-9-5-6-12-21-18/h2-9,12,16,23H,10-11,13-15H2,1H3,(H,22,24)/t16-/m1/s1. The summed E-state index contributed by atoms with van der Waals surface area (Å²) >= 11 is 0. The van der Waals surface area contributed by atoms with Crippen molar-refractivity contribution in [3.8, 4) is 0 Å². The van der Waals surface area contributed by atoms with E-state index in [0.717, 1.165) is 12.8 Å². The molecule has 1 aliphatic heterocycles. The molecule has 0 aliphatic carbocycles. The molecule has 25 heavy (non-hydrogen) atoms. The van der Waals surface area contributed by atoms with Gasteiger partial charge in [0.1, 0.15) is 5.69 Å². The van der Waals surface area contributed by atoms with Crippen molar-refractivity contribution in [3.05, 3.63) is 66.0 Å². The van der Waals surface area contributed by atoms with Gasteiger partial charge in [0.05, 0.1) is 0 Å². The second-order valence-electron chi connectivity index (χ2n) is 6.57. The number of ether oxygens (including phenoxy) is 1. The minimum absolute atomic E-state index is 0.138. The number of rotatable bonds is 6. The van der Waals surface area contributed by atoms with Gasteiger partial charge in [0.25, 0.3) is 5.91 Å². The summed E-state index contributed by atoms with van der Waals surface area (Å²) in [6.07, 6.45) is 3.37. The van der Waals surface area contributed by atoms with Gasteiger partial charge in [-0.05, 0) is 37.5 Å². The largest absolute Gasteiger partial charge is 0.381 e. The number of nitrogens with one attached hydrogen (secondary N) is 2. The number of carbonyl (C=O) groups is 1. The number of hydrogen-bond acceptors (Lipinski definition) is 4. The summed E-state index contributed by atoms with van der Waals surface area (Å²) in [7, 11) is 0. The van der Waals surface area contributed by atoms with E-state index in [1.54, 1.807) is 18.3 Å². The van der Waals surface area contributed by atoms with Gasteiger partial charge in [-0.1, -0.05) is 36.4 Å². The van der Waals surface area contributed by atoms with Gasteiger partial charge in [-0.2, -0.15) is 0 Å². The van der Waals surface area contributed by atoms with Crippen molar-refractivity contribution in [2.75, 3.05) is 19.8 Å². The summed E-state index contributed by atoms with van der Waals surface area (Å²) in [5, 5.41) is 6.79. The minimum atomic E-state index is -0.169. The zero-order valence-electron chi connectivity index (χ0n) is 14.6. The summed E-state index contributed by atoms with van der Waals surface area (Å²) in [5.74, 6) is -0.138. The third kappa shape index (κ3) is 4.65. The Morgan fingerprint density at radius 3 is 2.56 bits per heavy atom. The van der Waals surface area contributed by atoms with Crippen LogP contribution in [0, 0.1) is 0 Å².